The Labute approximate surface area is 208 Å². The van der Waals surface area contributed by atoms with Crippen LogP contribution in [0.25, 0.3) is 11.7 Å². The number of thioether (sulfide) groups is 1. The molecule has 2 fully saturated rings. The van der Waals surface area contributed by atoms with Crippen molar-refractivity contribution in [3.63, 3.8) is 0 Å². The molecule has 0 radical (unpaired) electrons. The predicted molar refractivity (Wildman–Crippen MR) is 142 cm³/mol. The van der Waals surface area contributed by atoms with Gasteiger partial charge in [-0.05, 0) is 42.0 Å². The third kappa shape index (κ3) is 4.40. The van der Waals surface area contributed by atoms with Gasteiger partial charge < -0.3 is 4.90 Å². The number of pyridine rings is 1. The Bertz CT molecular complexity index is 1340. The van der Waals surface area contributed by atoms with Gasteiger partial charge in [0.05, 0.1) is 17.0 Å². The molecule has 0 aliphatic carbocycles. The fourth-order valence-corrected chi connectivity index (χ4v) is 6.06. The fourth-order valence-electron chi connectivity index (χ4n) is 4.83. The first-order valence-electron chi connectivity index (χ1n) is 11.5. The summed E-state index contributed by atoms with van der Waals surface area (Å²) in [6.45, 7) is 6.52. The summed E-state index contributed by atoms with van der Waals surface area (Å²) in [7, 11) is 0. The van der Waals surface area contributed by atoms with Crippen molar-refractivity contribution in [2.75, 3.05) is 18.0 Å². The zero-order valence-corrected chi connectivity index (χ0v) is 20.8. The van der Waals surface area contributed by atoms with Crippen molar-refractivity contribution in [1.29, 1.82) is 0 Å². The van der Waals surface area contributed by atoms with Crippen LogP contribution in [0, 0.1) is 11.8 Å². The van der Waals surface area contributed by atoms with E-state index in [1.807, 2.05) is 48.5 Å². The molecule has 0 N–H and O–H groups in total. The van der Waals surface area contributed by atoms with Gasteiger partial charge in [-0.2, -0.15) is 0 Å². The number of amides is 1. The molecule has 2 aliphatic rings. The number of anilines is 1. The van der Waals surface area contributed by atoms with E-state index in [9.17, 15) is 9.59 Å². The molecular weight excluding hydrogens is 464 g/mol. The van der Waals surface area contributed by atoms with E-state index in [0.29, 0.717) is 44.6 Å². The maximum Gasteiger partial charge on any atom is 0.267 e. The van der Waals surface area contributed by atoms with Gasteiger partial charge in [0.15, 0.2) is 0 Å². The molecule has 8 heteroatoms. The molecule has 2 atom stereocenters. The lowest BCUT2D eigenvalue weighted by Crippen LogP contribution is -2.40. The van der Waals surface area contributed by atoms with Gasteiger partial charge in [0.25, 0.3) is 11.5 Å². The number of rotatable bonds is 4. The topological polar surface area (TPSA) is 57.9 Å². The molecule has 0 saturated carbocycles. The largest absolute Gasteiger partial charge is 0.355 e. The Balaban J connectivity index is 1.57. The van der Waals surface area contributed by atoms with E-state index in [1.165, 1.54) is 16.2 Å². The molecular formula is C26H26N4O2S2. The summed E-state index contributed by atoms with van der Waals surface area (Å²) in [6.07, 6.45) is 4.56. The van der Waals surface area contributed by atoms with E-state index in [0.717, 1.165) is 25.1 Å². The van der Waals surface area contributed by atoms with Crippen LogP contribution in [0.2, 0.25) is 0 Å². The van der Waals surface area contributed by atoms with Crippen LogP contribution >= 0.6 is 24.0 Å². The number of benzene rings is 1. The van der Waals surface area contributed by atoms with Gasteiger partial charge in [0.1, 0.15) is 15.8 Å². The second-order valence-corrected chi connectivity index (χ2v) is 10.9. The van der Waals surface area contributed by atoms with Crippen molar-refractivity contribution in [2.45, 2.75) is 26.8 Å². The Morgan fingerprint density at radius 3 is 2.50 bits per heavy atom. The van der Waals surface area contributed by atoms with Crippen molar-refractivity contribution in [1.82, 2.24) is 14.3 Å². The molecule has 0 unspecified atom stereocenters. The van der Waals surface area contributed by atoms with E-state index >= 15 is 0 Å². The molecule has 2 aromatic heterocycles. The fraction of sp³-hybridized carbons (Fsp3) is 0.308. The number of fused-ring (bicyclic) bond motifs is 1. The molecule has 1 amide bonds. The maximum absolute atomic E-state index is 13.6. The van der Waals surface area contributed by atoms with Crippen LogP contribution < -0.4 is 10.5 Å². The quantitative estimate of drug-likeness (QED) is 0.394. The zero-order chi connectivity index (χ0) is 23.8. The molecule has 174 valence electrons. The zero-order valence-electron chi connectivity index (χ0n) is 19.2. The van der Waals surface area contributed by atoms with Crippen molar-refractivity contribution in [2.24, 2.45) is 11.8 Å². The molecule has 5 rings (SSSR count). The number of hydrogen-bond acceptors (Lipinski definition) is 6. The summed E-state index contributed by atoms with van der Waals surface area (Å²) in [6, 6.07) is 15.3. The van der Waals surface area contributed by atoms with Gasteiger partial charge in [-0.3, -0.25) is 18.9 Å². The van der Waals surface area contributed by atoms with Gasteiger partial charge in [-0.1, -0.05) is 74.2 Å². The van der Waals surface area contributed by atoms with Crippen LogP contribution in [0.15, 0.2) is 64.4 Å². The van der Waals surface area contributed by atoms with Crippen molar-refractivity contribution >= 4 is 51.7 Å². The molecule has 0 spiro atoms. The average molecular weight is 491 g/mol. The molecule has 4 heterocycles. The van der Waals surface area contributed by atoms with E-state index in [-0.39, 0.29) is 11.5 Å². The first kappa shape index (κ1) is 22.8. The standard InChI is InChI=1S/C26H26N4O2S2/c1-17-12-18(2)15-28(14-17)23-20(24(31)29-11-7-6-10-22(29)27-23)13-21-25(32)30(26(33)34-21)16-19-8-4-3-5-9-19/h3-11,13,17-18H,12,14-16H2,1-2H3/b21-13+/t17-,18-/m1/s1. The second-order valence-electron chi connectivity index (χ2n) is 9.19. The number of aromatic nitrogens is 2. The van der Waals surface area contributed by atoms with Crippen LogP contribution in [-0.2, 0) is 11.3 Å². The number of thiocarbonyl (C=S) groups is 1. The summed E-state index contributed by atoms with van der Waals surface area (Å²) >= 11 is 6.77. The van der Waals surface area contributed by atoms with Crippen LogP contribution in [0.4, 0.5) is 5.82 Å². The van der Waals surface area contributed by atoms with Gasteiger partial charge in [-0.25, -0.2) is 4.98 Å². The summed E-state index contributed by atoms with van der Waals surface area (Å²) < 4.78 is 2.03. The van der Waals surface area contributed by atoms with Gasteiger partial charge >= 0.3 is 0 Å². The maximum atomic E-state index is 13.6. The van der Waals surface area contributed by atoms with Crippen LogP contribution in [0.3, 0.4) is 0 Å². The third-order valence-corrected chi connectivity index (χ3v) is 7.63. The Hall–Kier alpha value is -2.97. The lowest BCUT2D eigenvalue weighted by atomic mass is 9.91. The summed E-state index contributed by atoms with van der Waals surface area (Å²) in [5, 5.41) is 0. The first-order chi connectivity index (χ1) is 16.4. The highest BCUT2D eigenvalue weighted by Gasteiger charge is 2.33. The Morgan fingerprint density at radius 1 is 1.06 bits per heavy atom. The molecule has 34 heavy (non-hydrogen) atoms. The molecule has 6 nitrogen and oxygen atoms in total. The lowest BCUT2D eigenvalue weighted by molar-refractivity contribution is -0.122. The Morgan fingerprint density at radius 2 is 1.76 bits per heavy atom. The minimum atomic E-state index is -0.181. The minimum Gasteiger partial charge on any atom is -0.355 e. The van der Waals surface area contributed by atoms with E-state index in [4.69, 9.17) is 17.2 Å². The third-order valence-electron chi connectivity index (χ3n) is 6.25. The highest BCUT2D eigenvalue weighted by Crippen LogP contribution is 2.35. The van der Waals surface area contributed by atoms with E-state index < -0.39 is 0 Å². The smallest absolute Gasteiger partial charge is 0.267 e. The van der Waals surface area contributed by atoms with Crippen LogP contribution in [0.5, 0.6) is 0 Å². The lowest BCUT2D eigenvalue weighted by Gasteiger charge is -2.36. The van der Waals surface area contributed by atoms with Crippen molar-refractivity contribution < 1.29 is 4.79 Å². The number of piperidine rings is 1. The van der Waals surface area contributed by atoms with Gasteiger partial charge in [0.2, 0.25) is 0 Å². The average Bonchev–Trinajstić information content (AvgIpc) is 3.08. The summed E-state index contributed by atoms with van der Waals surface area (Å²) in [5.41, 5.74) is 1.86. The second kappa shape index (κ2) is 9.35. The van der Waals surface area contributed by atoms with Crippen molar-refractivity contribution in [3.8, 4) is 0 Å². The SMILES string of the molecule is C[C@@H]1C[C@@H](C)CN(c2nc3ccccn3c(=O)c2/C=C2/SC(=S)N(Cc3ccccc3)C2=O)C1. The molecule has 1 aromatic carbocycles. The number of carbonyl (C=O) groups is 1. The monoisotopic (exact) mass is 490 g/mol. The van der Waals surface area contributed by atoms with Crippen molar-refractivity contribution in [3.05, 3.63) is 81.1 Å². The normalized spacial score (nSPS) is 22.2. The summed E-state index contributed by atoms with van der Waals surface area (Å²) in [4.78, 5) is 36.0. The molecule has 2 saturated heterocycles. The van der Waals surface area contributed by atoms with E-state index in [1.54, 1.807) is 17.2 Å². The highest BCUT2D eigenvalue weighted by molar-refractivity contribution is 8.26. The number of nitrogens with zero attached hydrogens (tertiary/aromatic N) is 4. The molecule has 3 aromatic rings. The minimum absolute atomic E-state index is 0.178. The Kier molecular flexibility index (Phi) is 6.27. The molecule has 0 bridgehead atoms. The van der Waals surface area contributed by atoms with Crippen LogP contribution in [0.1, 0.15) is 31.4 Å². The van der Waals surface area contributed by atoms with Gasteiger partial charge in [-0.15, -0.1) is 0 Å². The predicted octanol–water partition coefficient (Wildman–Crippen LogP) is 4.58. The van der Waals surface area contributed by atoms with Gasteiger partial charge in [0, 0.05) is 19.3 Å². The van der Waals surface area contributed by atoms with Crippen LogP contribution in [-0.4, -0.2) is 37.6 Å². The molecule has 2 aliphatic heterocycles. The number of hydrogen-bond donors (Lipinski definition) is 0. The first-order valence-corrected chi connectivity index (χ1v) is 12.7. The number of carbonyl (C=O) groups excluding carboxylic acids is 1. The van der Waals surface area contributed by atoms with E-state index in [2.05, 4.69) is 18.7 Å². The highest BCUT2D eigenvalue weighted by atomic mass is 32.2. The summed E-state index contributed by atoms with van der Waals surface area (Å²) in [5.74, 6) is 1.46.